The van der Waals surface area contributed by atoms with Crippen molar-refractivity contribution >= 4 is 11.9 Å². The molecule has 0 fully saturated rings. The number of carbonyl (C=O) groups is 2. The standard InChI is InChI=1S/C40H52O5/c1-3-5-6-7-8-9-10-11-12-13-14-15-16-17-18-21-24-40(42)45-38-31-27-36(28-32-38)35-25-29-37(30-26-35)43-33-22-19-20-23-34-44-39(41)4-2/h4,25-32H,2-3,5-14,19-24,33-34H2,1H3. The van der Waals surface area contributed by atoms with E-state index in [1.54, 1.807) is 12.1 Å². The molecule has 0 saturated heterocycles. The van der Waals surface area contributed by atoms with E-state index >= 15 is 0 Å². The van der Waals surface area contributed by atoms with Crippen molar-refractivity contribution < 1.29 is 23.8 Å². The minimum Gasteiger partial charge on any atom is -0.494 e. The summed E-state index contributed by atoms with van der Waals surface area (Å²) in [6, 6.07) is 15.4. The predicted octanol–water partition coefficient (Wildman–Crippen LogP) is 10.0. The van der Waals surface area contributed by atoms with Crippen molar-refractivity contribution in [3.8, 4) is 46.3 Å². The van der Waals surface area contributed by atoms with Gasteiger partial charge in [0.05, 0.1) is 19.6 Å². The van der Waals surface area contributed by atoms with Crippen LogP contribution < -0.4 is 9.47 Å². The third kappa shape index (κ3) is 19.1. The second kappa shape index (κ2) is 25.4. The van der Waals surface area contributed by atoms with Gasteiger partial charge >= 0.3 is 11.9 Å². The molecule has 0 atom stereocenters. The third-order valence-electron chi connectivity index (χ3n) is 7.34. The lowest BCUT2D eigenvalue weighted by molar-refractivity contribution is -0.138. The van der Waals surface area contributed by atoms with Crippen molar-refractivity contribution in [3.05, 3.63) is 61.2 Å². The number of unbranched alkanes of at least 4 members (excludes halogenated alkanes) is 13. The van der Waals surface area contributed by atoms with Crippen molar-refractivity contribution in [2.24, 2.45) is 0 Å². The molecule has 5 nitrogen and oxygen atoms in total. The average molecular weight is 613 g/mol. The van der Waals surface area contributed by atoms with Crippen LogP contribution in [-0.2, 0) is 14.3 Å². The molecule has 0 aliphatic rings. The number of hydrogen-bond donors (Lipinski definition) is 0. The average Bonchev–Trinajstić information content (AvgIpc) is 3.06. The van der Waals surface area contributed by atoms with Gasteiger partial charge in [-0.1, -0.05) is 107 Å². The van der Waals surface area contributed by atoms with Gasteiger partial charge < -0.3 is 14.2 Å². The maximum Gasteiger partial charge on any atom is 0.330 e. The molecule has 5 heteroatoms. The molecule has 0 heterocycles. The Kier molecular flexibility index (Phi) is 21.0. The fourth-order valence-corrected chi connectivity index (χ4v) is 4.70. The second-order valence-corrected chi connectivity index (χ2v) is 11.2. The van der Waals surface area contributed by atoms with Crippen LogP contribution in [0.15, 0.2) is 61.2 Å². The van der Waals surface area contributed by atoms with Crippen LogP contribution in [0.1, 0.15) is 116 Å². The monoisotopic (exact) mass is 612 g/mol. The highest BCUT2D eigenvalue weighted by Crippen LogP contribution is 2.25. The molecule has 0 radical (unpaired) electrons. The Morgan fingerprint density at radius 3 is 1.76 bits per heavy atom. The number of hydrogen-bond acceptors (Lipinski definition) is 5. The molecule has 0 saturated carbocycles. The van der Waals surface area contributed by atoms with E-state index in [0.717, 1.165) is 55.4 Å². The van der Waals surface area contributed by atoms with Gasteiger partial charge in [-0.2, -0.15) is 0 Å². The summed E-state index contributed by atoms with van der Waals surface area (Å²) in [6.07, 6.45) is 19.8. The Morgan fingerprint density at radius 2 is 1.16 bits per heavy atom. The van der Waals surface area contributed by atoms with Crippen molar-refractivity contribution in [1.82, 2.24) is 0 Å². The Labute approximate surface area is 272 Å². The van der Waals surface area contributed by atoms with Crippen LogP contribution in [-0.4, -0.2) is 25.2 Å². The number of benzene rings is 2. The summed E-state index contributed by atoms with van der Waals surface area (Å²) in [6.45, 7) is 6.71. The van der Waals surface area contributed by atoms with Crippen LogP contribution in [0.3, 0.4) is 0 Å². The lowest BCUT2D eigenvalue weighted by atomic mass is 10.1. The van der Waals surface area contributed by atoms with Gasteiger partial charge in [0, 0.05) is 18.9 Å². The largest absolute Gasteiger partial charge is 0.494 e. The first kappa shape index (κ1) is 37.2. The van der Waals surface area contributed by atoms with Gasteiger partial charge in [-0.3, -0.25) is 4.79 Å². The Hall–Kier alpha value is -3.96. The summed E-state index contributed by atoms with van der Waals surface area (Å²) in [5.74, 6) is 12.5. The molecule has 0 amide bonds. The highest BCUT2D eigenvalue weighted by Gasteiger charge is 2.05. The summed E-state index contributed by atoms with van der Waals surface area (Å²) >= 11 is 0. The van der Waals surface area contributed by atoms with E-state index in [0.29, 0.717) is 25.4 Å². The molecule has 2 aromatic rings. The molecule has 45 heavy (non-hydrogen) atoms. The molecular formula is C40H52O5. The molecule has 0 aliphatic carbocycles. The predicted molar refractivity (Wildman–Crippen MR) is 184 cm³/mol. The first-order chi connectivity index (χ1) is 22.1. The maximum absolute atomic E-state index is 12.2. The molecule has 0 aliphatic heterocycles. The van der Waals surface area contributed by atoms with E-state index < -0.39 is 0 Å². The lowest BCUT2D eigenvalue weighted by Crippen LogP contribution is -2.06. The van der Waals surface area contributed by atoms with E-state index in [1.165, 1.54) is 63.9 Å². The molecule has 0 aromatic heterocycles. The summed E-state index contributed by atoms with van der Waals surface area (Å²) in [5.41, 5.74) is 2.08. The van der Waals surface area contributed by atoms with Gasteiger partial charge in [0.1, 0.15) is 11.5 Å². The van der Waals surface area contributed by atoms with Gasteiger partial charge in [0.2, 0.25) is 0 Å². The van der Waals surface area contributed by atoms with Gasteiger partial charge in [0.15, 0.2) is 0 Å². The van der Waals surface area contributed by atoms with Crippen LogP contribution in [0.25, 0.3) is 11.1 Å². The van der Waals surface area contributed by atoms with Crippen LogP contribution in [0.5, 0.6) is 11.5 Å². The molecule has 0 unspecified atom stereocenters. The third-order valence-corrected chi connectivity index (χ3v) is 7.34. The Morgan fingerprint density at radius 1 is 0.644 bits per heavy atom. The maximum atomic E-state index is 12.2. The quantitative estimate of drug-likeness (QED) is 0.0411. The summed E-state index contributed by atoms with van der Waals surface area (Å²) < 4.78 is 16.3. The van der Waals surface area contributed by atoms with Crippen molar-refractivity contribution in [3.63, 3.8) is 0 Å². The molecule has 0 spiro atoms. The molecule has 0 bridgehead atoms. The molecule has 0 N–H and O–H groups in total. The fraction of sp³-hybridized carbons (Fsp3) is 0.500. The zero-order valence-electron chi connectivity index (χ0n) is 27.4. The molecule has 242 valence electrons. The topological polar surface area (TPSA) is 61.8 Å². The summed E-state index contributed by atoms with van der Waals surface area (Å²) in [4.78, 5) is 23.2. The summed E-state index contributed by atoms with van der Waals surface area (Å²) in [7, 11) is 0. The van der Waals surface area contributed by atoms with Crippen LogP contribution in [0.2, 0.25) is 0 Å². The molecule has 2 aromatic carbocycles. The first-order valence-corrected chi connectivity index (χ1v) is 16.9. The van der Waals surface area contributed by atoms with Gasteiger partial charge in [-0.25, -0.2) is 4.79 Å². The SMILES string of the molecule is C=CC(=O)OCCCCCCOc1ccc(-c2ccc(OC(=O)CCC#CC#CCCCCCCCCCCCC)cc2)cc1. The highest BCUT2D eigenvalue weighted by atomic mass is 16.5. The van der Waals surface area contributed by atoms with Gasteiger partial charge in [0.25, 0.3) is 0 Å². The van der Waals surface area contributed by atoms with E-state index in [2.05, 4.69) is 37.2 Å². The van der Waals surface area contributed by atoms with Crippen LogP contribution in [0.4, 0.5) is 0 Å². The van der Waals surface area contributed by atoms with Crippen LogP contribution in [0, 0.1) is 23.7 Å². The van der Waals surface area contributed by atoms with E-state index in [1.807, 2.05) is 36.4 Å². The number of carbonyl (C=O) groups excluding carboxylic acids is 2. The first-order valence-electron chi connectivity index (χ1n) is 16.9. The Bertz CT molecular complexity index is 1220. The fourth-order valence-electron chi connectivity index (χ4n) is 4.70. The van der Waals surface area contributed by atoms with Crippen molar-refractivity contribution in [2.45, 2.75) is 116 Å². The van der Waals surface area contributed by atoms with Crippen molar-refractivity contribution in [1.29, 1.82) is 0 Å². The van der Waals surface area contributed by atoms with Gasteiger partial charge in [-0.05, 0) is 79.3 Å². The zero-order chi connectivity index (χ0) is 32.2. The molecule has 2 rings (SSSR count). The number of esters is 2. The lowest BCUT2D eigenvalue weighted by Gasteiger charge is -2.08. The molecular weight excluding hydrogens is 560 g/mol. The van der Waals surface area contributed by atoms with Crippen molar-refractivity contribution in [2.75, 3.05) is 13.2 Å². The van der Waals surface area contributed by atoms with E-state index in [4.69, 9.17) is 14.2 Å². The smallest absolute Gasteiger partial charge is 0.330 e. The summed E-state index contributed by atoms with van der Waals surface area (Å²) in [5, 5.41) is 0. The van der Waals surface area contributed by atoms with E-state index in [-0.39, 0.29) is 18.4 Å². The Balaban J connectivity index is 1.55. The van der Waals surface area contributed by atoms with Gasteiger partial charge in [-0.15, -0.1) is 0 Å². The number of rotatable bonds is 23. The number of ether oxygens (including phenoxy) is 3. The zero-order valence-corrected chi connectivity index (χ0v) is 27.4. The highest BCUT2D eigenvalue weighted by molar-refractivity contribution is 5.81. The van der Waals surface area contributed by atoms with Crippen LogP contribution >= 0.6 is 0 Å². The minimum absolute atomic E-state index is 0.238. The normalized spacial score (nSPS) is 10.2. The van der Waals surface area contributed by atoms with E-state index in [9.17, 15) is 9.59 Å². The second-order valence-electron chi connectivity index (χ2n) is 11.2. The minimum atomic E-state index is -0.371.